The summed E-state index contributed by atoms with van der Waals surface area (Å²) in [5.41, 5.74) is 17.3. The zero-order valence-electron chi connectivity index (χ0n) is 26.5. The van der Waals surface area contributed by atoms with Gasteiger partial charge in [-0.3, -0.25) is 14.4 Å². The first-order valence-corrected chi connectivity index (χ1v) is 16.1. The normalized spacial score (nSPS) is 18.5. The second-order valence-corrected chi connectivity index (χ2v) is 12.7. The van der Waals surface area contributed by atoms with E-state index in [9.17, 15) is 19.2 Å². The highest BCUT2D eigenvalue weighted by atomic mass is 35.5. The predicted molar refractivity (Wildman–Crippen MR) is 184 cm³/mol. The number of imide groups is 1. The summed E-state index contributed by atoms with van der Waals surface area (Å²) in [4.78, 5) is 63.4. The van der Waals surface area contributed by atoms with Crippen LogP contribution in [0.15, 0.2) is 59.4 Å². The highest BCUT2D eigenvalue weighted by molar-refractivity contribution is 6.17. The van der Waals surface area contributed by atoms with E-state index in [0.717, 1.165) is 54.5 Å². The number of amides is 3. The number of fused-ring (bicyclic) bond motifs is 1. The molecule has 0 radical (unpaired) electrons. The first-order valence-electron chi connectivity index (χ1n) is 16.1. The van der Waals surface area contributed by atoms with Crippen molar-refractivity contribution in [2.75, 3.05) is 11.4 Å². The van der Waals surface area contributed by atoms with E-state index in [2.05, 4.69) is 20.3 Å². The average molecular weight is 660 g/mol. The molecule has 7 N–H and O–H groups in total. The largest absolute Gasteiger partial charge is 0.348 e. The summed E-state index contributed by atoms with van der Waals surface area (Å²) in [6.45, 7) is 2.47. The topological polar surface area (TPSA) is 180 Å². The molecular weight excluding hydrogens is 618 g/mol. The molecule has 0 saturated heterocycles. The molecule has 2 aliphatic rings. The number of aromatic nitrogens is 3. The molecule has 6 rings (SSSR count). The summed E-state index contributed by atoms with van der Waals surface area (Å²) in [6.07, 6.45) is 6.39. The lowest BCUT2D eigenvalue weighted by Crippen LogP contribution is -2.50. The van der Waals surface area contributed by atoms with E-state index in [0.29, 0.717) is 47.7 Å². The molecule has 2 heterocycles. The van der Waals surface area contributed by atoms with Crippen LogP contribution in [0, 0.1) is 18.8 Å². The molecule has 0 unspecified atom stereocenters. The van der Waals surface area contributed by atoms with E-state index in [-0.39, 0.29) is 48.3 Å². The fourth-order valence-corrected chi connectivity index (χ4v) is 6.48. The van der Waals surface area contributed by atoms with Gasteiger partial charge in [-0.15, -0.1) is 12.4 Å². The summed E-state index contributed by atoms with van der Waals surface area (Å²) in [5, 5.41) is 3.02. The van der Waals surface area contributed by atoms with E-state index >= 15 is 0 Å². The Bertz CT molecular complexity index is 1810. The van der Waals surface area contributed by atoms with Crippen molar-refractivity contribution in [1.29, 1.82) is 0 Å². The van der Waals surface area contributed by atoms with Gasteiger partial charge in [0.15, 0.2) is 0 Å². The van der Waals surface area contributed by atoms with Crippen LogP contribution in [0.2, 0.25) is 0 Å². The van der Waals surface area contributed by atoms with Gasteiger partial charge in [0, 0.05) is 23.2 Å². The zero-order valence-corrected chi connectivity index (χ0v) is 27.3. The van der Waals surface area contributed by atoms with Gasteiger partial charge < -0.3 is 26.8 Å². The van der Waals surface area contributed by atoms with Crippen LogP contribution in [0.3, 0.4) is 0 Å². The number of rotatable bonds is 9. The van der Waals surface area contributed by atoms with Crippen LogP contribution in [-0.2, 0) is 16.0 Å². The summed E-state index contributed by atoms with van der Waals surface area (Å²) in [6, 6.07) is 15.6. The lowest BCUT2D eigenvalue weighted by atomic mass is 9.81. The van der Waals surface area contributed by atoms with Crippen LogP contribution >= 0.6 is 12.4 Å². The number of nitrogens with one attached hydrogen (secondary N) is 3. The molecule has 2 saturated carbocycles. The van der Waals surface area contributed by atoms with Gasteiger partial charge in [0.05, 0.1) is 22.8 Å². The Hall–Kier alpha value is -4.32. The number of anilines is 1. The SMILES string of the molecule is Cc1nc(C(=O)NC2CCC2)ccc1-c1ccc(C[C@H](N)C(=O)N(C(=O)C2CCC(CN)CC2)c2ccc3[nH]c(=O)[nH]c3c2)cc1.Cl. The maximum Gasteiger partial charge on any atom is 0.323 e. The molecule has 3 amide bonds. The summed E-state index contributed by atoms with van der Waals surface area (Å²) < 4.78 is 0. The van der Waals surface area contributed by atoms with Crippen LogP contribution in [0.5, 0.6) is 0 Å². The second kappa shape index (κ2) is 14.6. The molecular formula is C35H42ClN7O4. The maximum absolute atomic E-state index is 13.9. The Kier molecular flexibility index (Phi) is 10.6. The average Bonchev–Trinajstić information content (AvgIpc) is 3.42. The number of nitrogens with zero attached hydrogens (tertiary/aromatic N) is 2. The van der Waals surface area contributed by atoms with Gasteiger partial charge in [-0.2, -0.15) is 0 Å². The standard InChI is InChI=1S/C35H41N7O4.ClH/c1-20-27(14-16-30(38-20)32(43)39-25-3-2-4-25)23-9-5-21(6-10-23)17-28(37)34(45)42(33(44)24-11-7-22(19-36)8-12-24)26-13-15-29-31(18-26)41-35(46)40-29;/h5-6,9-10,13-16,18,22,24-25,28H,2-4,7-8,11-12,17,19,36-37H2,1H3,(H,39,43)(H2,40,41,46);1H/t22?,24?,28-;/m0./s1. The minimum Gasteiger partial charge on any atom is -0.348 e. The van der Waals surface area contributed by atoms with Crippen molar-refractivity contribution in [2.24, 2.45) is 23.3 Å². The van der Waals surface area contributed by atoms with Crippen molar-refractivity contribution >= 4 is 46.8 Å². The number of imidazole rings is 1. The van der Waals surface area contributed by atoms with Gasteiger partial charge in [0.1, 0.15) is 5.69 Å². The monoisotopic (exact) mass is 659 g/mol. The molecule has 11 nitrogen and oxygen atoms in total. The predicted octanol–water partition coefficient (Wildman–Crippen LogP) is 4.13. The van der Waals surface area contributed by atoms with Crippen molar-refractivity contribution in [3.8, 4) is 11.1 Å². The maximum atomic E-state index is 13.9. The second-order valence-electron chi connectivity index (χ2n) is 12.7. The number of pyridine rings is 1. The third kappa shape index (κ3) is 7.48. The molecule has 2 aliphatic carbocycles. The minimum atomic E-state index is -0.979. The van der Waals surface area contributed by atoms with Crippen molar-refractivity contribution < 1.29 is 14.4 Å². The molecule has 4 aromatic rings. The molecule has 0 spiro atoms. The Morgan fingerprint density at radius 2 is 1.66 bits per heavy atom. The Morgan fingerprint density at radius 1 is 0.957 bits per heavy atom. The number of benzene rings is 2. The molecule has 2 aromatic carbocycles. The van der Waals surface area contributed by atoms with Crippen molar-refractivity contribution in [2.45, 2.75) is 70.4 Å². The molecule has 1 atom stereocenters. The van der Waals surface area contributed by atoms with E-state index < -0.39 is 11.9 Å². The smallest absolute Gasteiger partial charge is 0.323 e. The first kappa shape index (κ1) is 34.0. The van der Waals surface area contributed by atoms with Gasteiger partial charge in [-0.25, -0.2) is 14.7 Å². The van der Waals surface area contributed by atoms with Crippen LogP contribution < -0.4 is 27.4 Å². The zero-order chi connectivity index (χ0) is 32.4. The lowest BCUT2D eigenvalue weighted by molar-refractivity contribution is -0.130. The number of halogens is 1. The van der Waals surface area contributed by atoms with Crippen molar-refractivity contribution in [1.82, 2.24) is 20.3 Å². The summed E-state index contributed by atoms with van der Waals surface area (Å²) >= 11 is 0. The molecule has 12 heteroatoms. The van der Waals surface area contributed by atoms with Crippen LogP contribution in [0.1, 0.15) is 66.7 Å². The molecule has 2 aromatic heterocycles. The van der Waals surface area contributed by atoms with Gasteiger partial charge in [0.2, 0.25) is 5.91 Å². The van der Waals surface area contributed by atoms with Gasteiger partial charge in [-0.1, -0.05) is 30.3 Å². The van der Waals surface area contributed by atoms with E-state index in [1.165, 1.54) is 4.90 Å². The molecule has 0 aliphatic heterocycles. The third-order valence-corrected chi connectivity index (χ3v) is 9.52. The van der Waals surface area contributed by atoms with E-state index in [1.807, 2.05) is 37.3 Å². The number of aromatic amines is 2. The fourth-order valence-electron chi connectivity index (χ4n) is 6.48. The number of carbonyl (C=O) groups is 3. The third-order valence-electron chi connectivity index (χ3n) is 9.52. The molecule has 248 valence electrons. The van der Waals surface area contributed by atoms with Crippen LogP contribution in [0.25, 0.3) is 22.2 Å². The van der Waals surface area contributed by atoms with Crippen LogP contribution in [-0.4, -0.2) is 51.3 Å². The Morgan fingerprint density at radius 3 is 2.30 bits per heavy atom. The Labute approximate surface area is 279 Å². The van der Waals surface area contributed by atoms with Gasteiger partial charge in [0.25, 0.3) is 11.8 Å². The van der Waals surface area contributed by atoms with E-state index in [4.69, 9.17) is 11.5 Å². The summed E-state index contributed by atoms with van der Waals surface area (Å²) in [7, 11) is 0. The number of H-pyrrole nitrogens is 2. The number of nitrogens with two attached hydrogens (primary N) is 2. The fraction of sp³-hybridized carbons (Fsp3) is 0.400. The number of hydrogen-bond acceptors (Lipinski definition) is 7. The minimum absolute atomic E-state index is 0. The van der Waals surface area contributed by atoms with E-state index in [1.54, 1.807) is 24.3 Å². The molecule has 2 fully saturated rings. The van der Waals surface area contributed by atoms with Crippen molar-refractivity contribution in [3.05, 3.63) is 82.0 Å². The number of hydrogen-bond donors (Lipinski definition) is 5. The van der Waals surface area contributed by atoms with Crippen LogP contribution in [0.4, 0.5) is 5.69 Å². The summed E-state index contributed by atoms with van der Waals surface area (Å²) in [5.74, 6) is -0.856. The van der Waals surface area contributed by atoms with Crippen molar-refractivity contribution in [3.63, 3.8) is 0 Å². The van der Waals surface area contributed by atoms with Gasteiger partial charge >= 0.3 is 5.69 Å². The highest BCUT2D eigenvalue weighted by Crippen LogP contribution is 2.32. The molecule has 0 bridgehead atoms. The lowest BCUT2D eigenvalue weighted by Gasteiger charge is -2.32. The molecule has 47 heavy (non-hydrogen) atoms. The first-order chi connectivity index (χ1) is 22.2. The Balaban J connectivity index is 0.00000433. The number of carbonyl (C=O) groups excluding carboxylic acids is 3. The van der Waals surface area contributed by atoms with Gasteiger partial charge in [-0.05, 0) is 106 Å². The highest BCUT2D eigenvalue weighted by Gasteiger charge is 2.35. The number of aryl methyl sites for hydroxylation is 1. The quantitative estimate of drug-likeness (QED) is 0.179.